The Labute approximate surface area is 190 Å². The molecule has 172 valence electrons. The topological polar surface area (TPSA) is 77.9 Å². The van der Waals surface area contributed by atoms with E-state index in [9.17, 15) is 9.90 Å². The van der Waals surface area contributed by atoms with E-state index in [0.717, 1.165) is 44.0 Å². The standard InChI is InChI=1S/C25H34N4O3/c1-20(2)32-19-23(30)18-28-13-6-14-29(16-15-28)24-11-10-22(17-26-24)27-25(31)12-9-21-7-4-3-5-8-21/h3-5,7-12,17,20,23,30H,6,13-16,18-19H2,1-2H3,(H,27,31). The van der Waals surface area contributed by atoms with Gasteiger partial charge in [-0.25, -0.2) is 4.98 Å². The van der Waals surface area contributed by atoms with E-state index in [1.165, 1.54) is 6.08 Å². The summed E-state index contributed by atoms with van der Waals surface area (Å²) in [6.07, 6.45) is 5.66. The number of anilines is 2. The number of benzene rings is 1. The molecule has 0 aliphatic carbocycles. The molecule has 3 rings (SSSR count). The highest BCUT2D eigenvalue weighted by atomic mass is 16.5. The van der Waals surface area contributed by atoms with Crippen LogP contribution < -0.4 is 10.2 Å². The second-order valence-corrected chi connectivity index (χ2v) is 8.32. The molecule has 0 spiro atoms. The van der Waals surface area contributed by atoms with Crippen molar-refractivity contribution in [2.45, 2.75) is 32.5 Å². The summed E-state index contributed by atoms with van der Waals surface area (Å²) in [6.45, 7) is 8.50. The molecule has 1 aliphatic rings. The maximum absolute atomic E-state index is 12.2. The van der Waals surface area contributed by atoms with E-state index < -0.39 is 6.10 Å². The fraction of sp³-hybridized carbons (Fsp3) is 0.440. The molecule has 2 N–H and O–H groups in total. The van der Waals surface area contributed by atoms with Crippen molar-refractivity contribution in [2.24, 2.45) is 0 Å². The number of pyridine rings is 1. The molecule has 1 saturated heterocycles. The second kappa shape index (κ2) is 12.3. The van der Waals surface area contributed by atoms with Crippen molar-refractivity contribution in [3.63, 3.8) is 0 Å². The summed E-state index contributed by atoms with van der Waals surface area (Å²) in [4.78, 5) is 21.2. The normalized spacial score (nSPS) is 16.3. The molecule has 1 aromatic heterocycles. The van der Waals surface area contributed by atoms with Gasteiger partial charge in [-0.2, -0.15) is 0 Å². The Morgan fingerprint density at radius 3 is 2.69 bits per heavy atom. The molecule has 2 aromatic rings. The predicted octanol–water partition coefficient (Wildman–Crippen LogP) is 3.03. The number of carbonyl (C=O) groups excluding carboxylic acids is 1. The Hall–Kier alpha value is -2.74. The monoisotopic (exact) mass is 438 g/mol. The number of β-amino-alcohol motifs (C(OH)–C–C–N with tert-alkyl or cyclic N) is 1. The minimum atomic E-state index is -0.471. The molecule has 1 atom stereocenters. The van der Waals surface area contributed by atoms with Crippen LogP contribution in [0.2, 0.25) is 0 Å². The van der Waals surface area contributed by atoms with E-state index >= 15 is 0 Å². The fourth-order valence-corrected chi connectivity index (χ4v) is 3.60. The average Bonchev–Trinajstić information content (AvgIpc) is 3.03. The third-order valence-corrected chi connectivity index (χ3v) is 5.25. The molecule has 1 aromatic carbocycles. The maximum Gasteiger partial charge on any atom is 0.248 e. The van der Waals surface area contributed by atoms with E-state index in [0.29, 0.717) is 18.8 Å². The summed E-state index contributed by atoms with van der Waals surface area (Å²) >= 11 is 0. The van der Waals surface area contributed by atoms with Gasteiger partial charge in [0.15, 0.2) is 0 Å². The quantitative estimate of drug-likeness (QED) is 0.586. The number of carbonyl (C=O) groups is 1. The van der Waals surface area contributed by atoms with E-state index in [1.54, 1.807) is 12.3 Å². The van der Waals surface area contributed by atoms with Crippen LogP contribution in [0.1, 0.15) is 25.8 Å². The van der Waals surface area contributed by atoms with Gasteiger partial charge in [0.05, 0.1) is 30.7 Å². The van der Waals surface area contributed by atoms with Crippen LogP contribution in [0, 0.1) is 0 Å². The predicted molar refractivity (Wildman–Crippen MR) is 129 cm³/mol. The first kappa shape index (κ1) is 23.9. The fourth-order valence-electron chi connectivity index (χ4n) is 3.60. The van der Waals surface area contributed by atoms with Crippen LogP contribution in [0.4, 0.5) is 11.5 Å². The second-order valence-electron chi connectivity index (χ2n) is 8.32. The van der Waals surface area contributed by atoms with Crippen LogP contribution in [0.15, 0.2) is 54.7 Å². The average molecular weight is 439 g/mol. The van der Waals surface area contributed by atoms with Crippen molar-refractivity contribution in [2.75, 3.05) is 49.5 Å². The molecule has 1 unspecified atom stereocenters. The zero-order chi connectivity index (χ0) is 22.8. The van der Waals surface area contributed by atoms with E-state index in [4.69, 9.17) is 4.74 Å². The van der Waals surface area contributed by atoms with Gasteiger partial charge in [0.1, 0.15) is 5.82 Å². The van der Waals surface area contributed by atoms with E-state index in [2.05, 4.69) is 20.1 Å². The van der Waals surface area contributed by atoms with E-state index in [-0.39, 0.29) is 12.0 Å². The van der Waals surface area contributed by atoms with Crippen molar-refractivity contribution in [3.8, 4) is 0 Å². The molecule has 1 amide bonds. The third kappa shape index (κ3) is 8.07. The Morgan fingerprint density at radius 2 is 1.97 bits per heavy atom. The van der Waals surface area contributed by atoms with Gasteiger partial charge >= 0.3 is 0 Å². The van der Waals surface area contributed by atoms with Crippen LogP contribution in [-0.2, 0) is 9.53 Å². The highest BCUT2D eigenvalue weighted by Crippen LogP contribution is 2.17. The first-order valence-electron chi connectivity index (χ1n) is 11.3. The Morgan fingerprint density at radius 1 is 1.16 bits per heavy atom. The summed E-state index contributed by atoms with van der Waals surface area (Å²) < 4.78 is 5.51. The molecule has 7 nitrogen and oxygen atoms in total. The molecule has 0 bridgehead atoms. The van der Waals surface area contributed by atoms with Gasteiger partial charge < -0.3 is 20.1 Å². The SMILES string of the molecule is CC(C)OCC(O)CN1CCCN(c2ccc(NC(=O)C=Cc3ccccc3)cn2)CC1. The zero-order valence-corrected chi connectivity index (χ0v) is 19.0. The molecule has 2 heterocycles. The molecule has 0 saturated carbocycles. The summed E-state index contributed by atoms with van der Waals surface area (Å²) in [6, 6.07) is 13.5. The summed E-state index contributed by atoms with van der Waals surface area (Å²) in [5.74, 6) is 0.710. The number of ether oxygens (including phenoxy) is 1. The number of nitrogens with zero attached hydrogens (tertiary/aromatic N) is 3. The van der Waals surface area contributed by atoms with Crippen LogP contribution in [-0.4, -0.2) is 72.4 Å². The lowest BCUT2D eigenvalue weighted by Gasteiger charge is -2.24. The van der Waals surface area contributed by atoms with Crippen molar-refractivity contribution in [3.05, 3.63) is 60.3 Å². The van der Waals surface area contributed by atoms with Crippen molar-refractivity contribution >= 4 is 23.5 Å². The Bertz CT molecular complexity index is 855. The number of amides is 1. The first-order valence-corrected chi connectivity index (χ1v) is 11.3. The summed E-state index contributed by atoms with van der Waals surface area (Å²) in [7, 11) is 0. The molecular weight excluding hydrogens is 404 g/mol. The Balaban J connectivity index is 1.47. The van der Waals surface area contributed by atoms with Gasteiger partial charge in [0.25, 0.3) is 0 Å². The van der Waals surface area contributed by atoms with Gasteiger partial charge in [-0.15, -0.1) is 0 Å². The van der Waals surface area contributed by atoms with Gasteiger partial charge in [-0.05, 0) is 50.6 Å². The third-order valence-electron chi connectivity index (χ3n) is 5.25. The minimum absolute atomic E-state index is 0.128. The lowest BCUT2D eigenvalue weighted by atomic mass is 10.2. The highest BCUT2D eigenvalue weighted by molar-refractivity contribution is 6.01. The minimum Gasteiger partial charge on any atom is -0.389 e. The lowest BCUT2D eigenvalue weighted by Crippen LogP contribution is -2.38. The lowest BCUT2D eigenvalue weighted by molar-refractivity contribution is -0.111. The molecule has 1 fully saturated rings. The van der Waals surface area contributed by atoms with Crippen molar-refractivity contribution < 1.29 is 14.6 Å². The largest absolute Gasteiger partial charge is 0.389 e. The number of aliphatic hydroxyl groups excluding tert-OH is 1. The van der Waals surface area contributed by atoms with Crippen LogP contribution >= 0.6 is 0 Å². The van der Waals surface area contributed by atoms with Gasteiger partial charge in [0.2, 0.25) is 5.91 Å². The first-order chi connectivity index (χ1) is 15.5. The smallest absolute Gasteiger partial charge is 0.248 e. The number of nitrogens with one attached hydrogen (secondary N) is 1. The number of hydrogen-bond donors (Lipinski definition) is 2. The zero-order valence-electron chi connectivity index (χ0n) is 19.0. The summed E-state index contributed by atoms with van der Waals surface area (Å²) in [5, 5.41) is 13.0. The van der Waals surface area contributed by atoms with Crippen molar-refractivity contribution in [1.29, 1.82) is 0 Å². The van der Waals surface area contributed by atoms with Crippen LogP contribution in [0.3, 0.4) is 0 Å². The molecule has 7 heteroatoms. The molecular formula is C25H34N4O3. The maximum atomic E-state index is 12.2. The highest BCUT2D eigenvalue weighted by Gasteiger charge is 2.18. The van der Waals surface area contributed by atoms with Gasteiger partial charge in [0, 0.05) is 32.3 Å². The van der Waals surface area contributed by atoms with E-state index in [1.807, 2.05) is 56.3 Å². The van der Waals surface area contributed by atoms with Crippen molar-refractivity contribution in [1.82, 2.24) is 9.88 Å². The van der Waals surface area contributed by atoms with Crippen LogP contribution in [0.25, 0.3) is 6.08 Å². The number of aliphatic hydroxyl groups is 1. The number of hydrogen-bond acceptors (Lipinski definition) is 6. The van der Waals surface area contributed by atoms with Gasteiger partial charge in [-0.3, -0.25) is 9.69 Å². The summed E-state index contributed by atoms with van der Waals surface area (Å²) in [5.41, 5.74) is 1.65. The Kier molecular flexibility index (Phi) is 9.22. The molecule has 1 aliphatic heterocycles. The number of rotatable bonds is 9. The molecule has 32 heavy (non-hydrogen) atoms. The molecule has 0 radical (unpaired) electrons. The number of aromatic nitrogens is 1. The van der Waals surface area contributed by atoms with Crippen LogP contribution in [0.5, 0.6) is 0 Å². The van der Waals surface area contributed by atoms with Gasteiger partial charge in [-0.1, -0.05) is 30.3 Å².